The molecule has 1 aromatic rings. The maximum atomic E-state index is 3.76. The molecule has 0 radical (unpaired) electrons. The molecule has 20 heavy (non-hydrogen) atoms. The van der Waals surface area contributed by atoms with Crippen LogP contribution in [0.15, 0.2) is 14.3 Å². The van der Waals surface area contributed by atoms with Crippen LogP contribution in [0.2, 0.25) is 0 Å². The lowest BCUT2D eigenvalue weighted by atomic mass is 9.92. The first-order valence-electron chi connectivity index (χ1n) is 7.88. The SMILES string of the molecule is CCCNC(CC1CCCCCC1)c1cc(Br)c(Br)s1. The summed E-state index contributed by atoms with van der Waals surface area (Å²) in [6, 6.07) is 2.82. The number of hydrogen-bond acceptors (Lipinski definition) is 2. The van der Waals surface area contributed by atoms with Crippen molar-refractivity contribution in [1.29, 1.82) is 0 Å². The van der Waals surface area contributed by atoms with Crippen molar-refractivity contribution in [3.05, 3.63) is 19.2 Å². The fraction of sp³-hybridized carbons (Fsp3) is 0.750. The van der Waals surface area contributed by atoms with Gasteiger partial charge in [-0.3, -0.25) is 0 Å². The fourth-order valence-electron chi connectivity index (χ4n) is 3.09. The molecule has 1 nitrogen and oxygen atoms in total. The molecule has 114 valence electrons. The van der Waals surface area contributed by atoms with E-state index in [4.69, 9.17) is 0 Å². The highest BCUT2D eigenvalue weighted by molar-refractivity contribution is 9.13. The number of hydrogen-bond donors (Lipinski definition) is 1. The largest absolute Gasteiger partial charge is 0.309 e. The van der Waals surface area contributed by atoms with Gasteiger partial charge in [-0.05, 0) is 63.2 Å². The quantitative estimate of drug-likeness (QED) is 0.504. The predicted molar refractivity (Wildman–Crippen MR) is 96.6 cm³/mol. The third-order valence-electron chi connectivity index (χ3n) is 4.19. The summed E-state index contributed by atoms with van der Waals surface area (Å²) in [6.45, 7) is 3.36. The topological polar surface area (TPSA) is 12.0 Å². The Morgan fingerprint density at radius 1 is 1.25 bits per heavy atom. The second-order valence-electron chi connectivity index (χ2n) is 5.87. The number of nitrogens with one attached hydrogen (secondary N) is 1. The van der Waals surface area contributed by atoms with Crippen molar-refractivity contribution in [3.63, 3.8) is 0 Å². The Kier molecular flexibility index (Phi) is 7.57. The molecule has 4 heteroatoms. The highest BCUT2D eigenvalue weighted by Gasteiger charge is 2.21. The molecular formula is C16H25Br2NS. The van der Waals surface area contributed by atoms with Crippen molar-refractivity contribution in [3.8, 4) is 0 Å². The summed E-state index contributed by atoms with van der Waals surface area (Å²) in [4.78, 5) is 1.47. The van der Waals surface area contributed by atoms with Gasteiger partial charge in [-0.1, -0.05) is 45.4 Å². The summed E-state index contributed by atoms with van der Waals surface area (Å²) in [5.74, 6) is 0.909. The Hall–Kier alpha value is 0.620. The molecule has 1 fully saturated rings. The minimum atomic E-state index is 0.533. The smallest absolute Gasteiger partial charge is 0.0843 e. The van der Waals surface area contributed by atoms with E-state index in [2.05, 4.69) is 50.2 Å². The molecule has 0 spiro atoms. The van der Waals surface area contributed by atoms with Gasteiger partial charge in [0.05, 0.1) is 3.79 Å². The minimum absolute atomic E-state index is 0.533. The van der Waals surface area contributed by atoms with E-state index < -0.39 is 0 Å². The van der Waals surface area contributed by atoms with Crippen molar-refractivity contribution in [2.45, 2.75) is 64.3 Å². The molecular weight excluding hydrogens is 398 g/mol. The summed E-state index contributed by atoms with van der Waals surface area (Å²) >= 11 is 9.13. The van der Waals surface area contributed by atoms with Gasteiger partial charge in [0.25, 0.3) is 0 Å². The van der Waals surface area contributed by atoms with Gasteiger partial charge in [0.15, 0.2) is 0 Å². The van der Waals surface area contributed by atoms with Gasteiger partial charge < -0.3 is 5.32 Å². The van der Waals surface area contributed by atoms with Gasteiger partial charge in [-0.2, -0.15) is 0 Å². The van der Waals surface area contributed by atoms with Crippen LogP contribution in [0, 0.1) is 5.92 Å². The Morgan fingerprint density at radius 3 is 2.50 bits per heavy atom. The lowest BCUT2D eigenvalue weighted by Crippen LogP contribution is -2.23. The highest BCUT2D eigenvalue weighted by Crippen LogP contribution is 2.39. The summed E-state index contributed by atoms with van der Waals surface area (Å²) < 4.78 is 2.42. The Bertz CT molecular complexity index is 378. The van der Waals surface area contributed by atoms with Crippen LogP contribution in [0.4, 0.5) is 0 Å². The van der Waals surface area contributed by atoms with Gasteiger partial charge in [-0.25, -0.2) is 0 Å². The molecule has 0 amide bonds. The predicted octanol–water partition coefficient (Wildman–Crippen LogP) is 6.67. The van der Waals surface area contributed by atoms with E-state index in [9.17, 15) is 0 Å². The normalized spacial score (nSPS) is 18.9. The van der Waals surface area contributed by atoms with E-state index in [0.717, 1.165) is 12.5 Å². The van der Waals surface area contributed by atoms with Crippen molar-refractivity contribution in [2.75, 3.05) is 6.54 Å². The minimum Gasteiger partial charge on any atom is -0.309 e. The van der Waals surface area contributed by atoms with Crippen LogP contribution in [-0.4, -0.2) is 6.54 Å². The fourth-order valence-corrected chi connectivity index (χ4v) is 5.26. The molecule has 1 N–H and O–H groups in total. The average Bonchev–Trinajstić information content (AvgIpc) is 2.66. The van der Waals surface area contributed by atoms with Crippen molar-refractivity contribution < 1.29 is 0 Å². The molecule has 0 aromatic carbocycles. The molecule has 0 saturated heterocycles. The molecule has 1 atom stereocenters. The standard InChI is InChI=1S/C16H25Br2NS/c1-2-9-19-14(15-11-13(17)16(18)20-15)10-12-7-5-3-4-6-8-12/h11-12,14,19H,2-10H2,1H3. The van der Waals surface area contributed by atoms with E-state index in [1.807, 2.05) is 11.3 Å². The Labute approximate surface area is 144 Å². The lowest BCUT2D eigenvalue weighted by Gasteiger charge is -2.23. The van der Waals surface area contributed by atoms with Crippen LogP contribution in [0.3, 0.4) is 0 Å². The van der Waals surface area contributed by atoms with E-state index >= 15 is 0 Å². The van der Waals surface area contributed by atoms with Gasteiger partial charge in [0.2, 0.25) is 0 Å². The second kappa shape index (κ2) is 8.92. The zero-order chi connectivity index (χ0) is 14.4. The van der Waals surface area contributed by atoms with E-state index in [-0.39, 0.29) is 0 Å². The van der Waals surface area contributed by atoms with E-state index in [0.29, 0.717) is 6.04 Å². The Morgan fingerprint density at radius 2 is 1.95 bits per heavy atom. The van der Waals surface area contributed by atoms with Gasteiger partial charge >= 0.3 is 0 Å². The molecule has 1 heterocycles. The molecule has 2 rings (SSSR count). The first kappa shape index (κ1) is 17.0. The summed E-state index contributed by atoms with van der Waals surface area (Å²) in [7, 11) is 0. The molecule has 1 aromatic heterocycles. The van der Waals surface area contributed by atoms with E-state index in [1.165, 1.54) is 64.5 Å². The zero-order valence-corrected chi connectivity index (χ0v) is 16.2. The Balaban J connectivity index is 2.02. The van der Waals surface area contributed by atoms with Gasteiger partial charge in [0, 0.05) is 15.4 Å². The summed E-state index contributed by atoms with van der Waals surface area (Å²) in [5, 5.41) is 3.76. The maximum absolute atomic E-state index is 3.76. The summed E-state index contributed by atoms with van der Waals surface area (Å²) in [5.41, 5.74) is 0. The maximum Gasteiger partial charge on any atom is 0.0843 e. The molecule has 0 aliphatic heterocycles. The van der Waals surface area contributed by atoms with Crippen LogP contribution >= 0.6 is 43.2 Å². The number of halogens is 2. The van der Waals surface area contributed by atoms with Crippen LogP contribution in [0.5, 0.6) is 0 Å². The van der Waals surface area contributed by atoms with E-state index in [1.54, 1.807) is 0 Å². The van der Waals surface area contributed by atoms with Crippen molar-refractivity contribution >= 4 is 43.2 Å². The van der Waals surface area contributed by atoms with Crippen LogP contribution < -0.4 is 5.32 Å². The molecule has 0 bridgehead atoms. The van der Waals surface area contributed by atoms with Gasteiger partial charge in [0.1, 0.15) is 0 Å². The molecule has 1 saturated carbocycles. The van der Waals surface area contributed by atoms with Crippen LogP contribution in [0.25, 0.3) is 0 Å². The van der Waals surface area contributed by atoms with Crippen molar-refractivity contribution in [2.24, 2.45) is 5.92 Å². The molecule has 1 aliphatic rings. The van der Waals surface area contributed by atoms with Crippen LogP contribution in [0.1, 0.15) is 69.2 Å². The van der Waals surface area contributed by atoms with Crippen molar-refractivity contribution in [1.82, 2.24) is 5.32 Å². The first-order chi connectivity index (χ1) is 9.70. The second-order valence-corrected chi connectivity index (χ2v) is 9.13. The summed E-state index contributed by atoms with van der Waals surface area (Å²) in [6.07, 6.45) is 11.1. The lowest BCUT2D eigenvalue weighted by molar-refractivity contribution is 0.359. The zero-order valence-electron chi connectivity index (χ0n) is 12.3. The molecule has 1 aliphatic carbocycles. The number of thiophene rings is 1. The average molecular weight is 423 g/mol. The highest BCUT2D eigenvalue weighted by atomic mass is 79.9. The third kappa shape index (κ3) is 5.11. The number of rotatable bonds is 6. The monoisotopic (exact) mass is 421 g/mol. The first-order valence-corrected chi connectivity index (χ1v) is 10.3. The van der Waals surface area contributed by atoms with Gasteiger partial charge in [-0.15, -0.1) is 11.3 Å². The third-order valence-corrected chi connectivity index (χ3v) is 7.56. The van der Waals surface area contributed by atoms with Crippen LogP contribution in [-0.2, 0) is 0 Å². The molecule has 1 unspecified atom stereocenters.